The van der Waals surface area contributed by atoms with Gasteiger partial charge in [0.25, 0.3) is 5.69 Å². The predicted octanol–water partition coefficient (Wildman–Crippen LogP) is 1.91. The highest BCUT2D eigenvalue weighted by atomic mass is 16.6. The van der Waals surface area contributed by atoms with Crippen LogP contribution < -0.4 is 10.5 Å². The van der Waals surface area contributed by atoms with Crippen molar-refractivity contribution in [3.8, 4) is 5.75 Å². The van der Waals surface area contributed by atoms with E-state index in [4.69, 9.17) is 10.5 Å². The molecule has 0 radical (unpaired) electrons. The molecule has 2 aromatic carbocycles. The van der Waals surface area contributed by atoms with E-state index in [1.165, 1.54) is 48.5 Å². The number of nitrogens with zero attached hydrogens (tertiary/aromatic N) is 1. The quantitative estimate of drug-likeness (QED) is 0.399. The van der Waals surface area contributed by atoms with Gasteiger partial charge in [0.2, 0.25) is 5.91 Å². The zero-order valence-corrected chi connectivity index (χ0v) is 10.7. The van der Waals surface area contributed by atoms with Crippen LogP contribution in [0.15, 0.2) is 48.5 Å². The van der Waals surface area contributed by atoms with E-state index in [1.54, 1.807) is 0 Å². The first-order valence-corrected chi connectivity index (χ1v) is 5.84. The van der Waals surface area contributed by atoms with Gasteiger partial charge in [0, 0.05) is 17.7 Å². The Morgan fingerprint density at radius 2 is 1.71 bits per heavy atom. The number of esters is 1. The van der Waals surface area contributed by atoms with E-state index in [0.717, 1.165) is 0 Å². The Bertz CT molecular complexity index is 710. The fourth-order valence-electron chi connectivity index (χ4n) is 1.60. The molecule has 2 aromatic rings. The Morgan fingerprint density at radius 1 is 1.05 bits per heavy atom. The van der Waals surface area contributed by atoms with Crippen LogP contribution in [0.3, 0.4) is 0 Å². The molecule has 0 aliphatic carbocycles. The summed E-state index contributed by atoms with van der Waals surface area (Å²) in [6.45, 7) is 0. The van der Waals surface area contributed by atoms with E-state index in [9.17, 15) is 19.7 Å². The summed E-state index contributed by atoms with van der Waals surface area (Å²) in [5.74, 6) is -1.16. The summed E-state index contributed by atoms with van der Waals surface area (Å²) in [7, 11) is 0. The number of amides is 1. The third-order valence-electron chi connectivity index (χ3n) is 2.64. The normalized spacial score (nSPS) is 9.90. The molecular weight excluding hydrogens is 276 g/mol. The number of ether oxygens (including phenoxy) is 1. The van der Waals surface area contributed by atoms with Crippen molar-refractivity contribution in [3.05, 3.63) is 69.8 Å². The smallest absolute Gasteiger partial charge is 0.343 e. The fourth-order valence-corrected chi connectivity index (χ4v) is 1.60. The SMILES string of the molecule is NC(=O)c1cccc(OC(=O)c2ccc([N+](=O)[O-])cc2)c1. The number of carbonyl (C=O) groups excluding carboxylic acids is 2. The van der Waals surface area contributed by atoms with Gasteiger partial charge in [-0.05, 0) is 30.3 Å². The van der Waals surface area contributed by atoms with Crippen LogP contribution in [0.25, 0.3) is 0 Å². The first kappa shape index (κ1) is 14.2. The molecule has 0 unspecified atom stereocenters. The van der Waals surface area contributed by atoms with Crippen molar-refractivity contribution in [3.63, 3.8) is 0 Å². The second-order valence-corrected chi connectivity index (χ2v) is 4.09. The monoisotopic (exact) mass is 286 g/mol. The van der Waals surface area contributed by atoms with Crippen LogP contribution in [-0.4, -0.2) is 16.8 Å². The molecule has 1 amide bonds. The first-order chi connectivity index (χ1) is 9.97. The van der Waals surface area contributed by atoms with E-state index < -0.39 is 16.8 Å². The molecule has 0 atom stereocenters. The third kappa shape index (κ3) is 3.41. The first-order valence-electron chi connectivity index (χ1n) is 5.84. The summed E-state index contributed by atoms with van der Waals surface area (Å²) in [5, 5.41) is 10.5. The molecule has 0 aliphatic rings. The number of nitro groups is 1. The second-order valence-electron chi connectivity index (χ2n) is 4.09. The molecule has 7 nitrogen and oxygen atoms in total. The van der Waals surface area contributed by atoms with Gasteiger partial charge in [-0.25, -0.2) is 4.79 Å². The molecular formula is C14H10N2O5. The van der Waals surface area contributed by atoms with Gasteiger partial charge >= 0.3 is 5.97 Å². The summed E-state index contributed by atoms with van der Waals surface area (Å²) in [4.78, 5) is 32.9. The number of nitro benzene ring substituents is 1. The molecule has 0 bridgehead atoms. The zero-order valence-electron chi connectivity index (χ0n) is 10.7. The fraction of sp³-hybridized carbons (Fsp3) is 0. The molecule has 106 valence electrons. The van der Waals surface area contributed by atoms with Gasteiger partial charge in [-0.15, -0.1) is 0 Å². The molecule has 0 aromatic heterocycles. The van der Waals surface area contributed by atoms with Crippen LogP contribution in [0, 0.1) is 10.1 Å². The van der Waals surface area contributed by atoms with E-state index in [2.05, 4.69) is 0 Å². The van der Waals surface area contributed by atoms with Crippen molar-refractivity contribution >= 4 is 17.6 Å². The minimum atomic E-state index is -0.688. The van der Waals surface area contributed by atoms with Crippen LogP contribution in [-0.2, 0) is 0 Å². The molecule has 0 spiro atoms. The standard InChI is InChI=1S/C14H10N2O5/c15-13(17)10-2-1-3-12(8-10)21-14(18)9-4-6-11(7-5-9)16(19)20/h1-8H,(H2,15,17). The van der Waals surface area contributed by atoms with E-state index in [0.29, 0.717) is 0 Å². The molecule has 21 heavy (non-hydrogen) atoms. The molecule has 0 heterocycles. The number of hydrogen-bond donors (Lipinski definition) is 1. The molecule has 0 saturated carbocycles. The Kier molecular flexibility index (Phi) is 3.94. The highest BCUT2D eigenvalue weighted by Crippen LogP contribution is 2.17. The van der Waals surface area contributed by atoms with Gasteiger partial charge in [-0.3, -0.25) is 14.9 Å². The molecule has 2 N–H and O–H groups in total. The molecule has 2 rings (SSSR count). The highest BCUT2D eigenvalue weighted by molar-refractivity contribution is 5.94. The molecule has 0 aliphatic heterocycles. The number of carbonyl (C=O) groups is 2. The number of primary amides is 1. The van der Waals surface area contributed by atoms with Gasteiger partial charge in [0.1, 0.15) is 5.75 Å². The van der Waals surface area contributed by atoms with E-state index in [-0.39, 0.29) is 22.6 Å². The average Bonchev–Trinajstić information content (AvgIpc) is 2.47. The number of benzene rings is 2. The van der Waals surface area contributed by atoms with Crippen molar-refractivity contribution in [1.29, 1.82) is 0 Å². The van der Waals surface area contributed by atoms with Crippen LogP contribution in [0.4, 0.5) is 5.69 Å². The minimum absolute atomic E-state index is 0.123. The van der Waals surface area contributed by atoms with Crippen LogP contribution in [0.1, 0.15) is 20.7 Å². The lowest BCUT2D eigenvalue weighted by Gasteiger charge is -2.05. The lowest BCUT2D eigenvalue weighted by molar-refractivity contribution is -0.384. The maximum absolute atomic E-state index is 11.9. The van der Waals surface area contributed by atoms with Crippen molar-refractivity contribution in [2.75, 3.05) is 0 Å². The third-order valence-corrected chi connectivity index (χ3v) is 2.64. The zero-order chi connectivity index (χ0) is 15.4. The highest BCUT2D eigenvalue weighted by Gasteiger charge is 2.12. The summed E-state index contributed by atoms with van der Waals surface area (Å²) >= 11 is 0. The summed E-state index contributed by atoms with van der Waals surface area (Å²) in [6, 6.07) is 10.8. The van der Waals surface area contributed by atoms with Crippen molar-refractivity contribution in [2.45, 2.75) is 0 Å². The molecule has 0 fully saturated rings. The van der Waals surface area contributed by atoms with Crippen molar-refractivity contribution in [1.82, 2.24) is 0 Å². The maximum atomic E-state index is 11.9. The van der Waals surface area contributed by atoms with Gasteiger partial charge in [-0.1, -0.05) is 6.07 Å². The molecule has 0 saturated heterocycles. The Labute approximate surface area is 119 Å². The lowest BCUT2D eigenvalue weighted by Crippen LogP contribution is -2.12. The van der Waals surface area contributed by atoms with E-state index >= 15 is 0 Å². The van der Waals surface area contributed by atoms with Gasteiger partial charge in [-0.2, -0.15) is 0 Å². The average molecular weight is 286 g/mol. The van der Waals surface area contributed by atoms with Crippen molar-refractivity contribution < 1.29 is 19.2 Å². The lowest BCUT2D eigenvalue weighted by atomic mass is 10.2. The minimum Gasteiger partial charge on any atom is -0.423 e. The van der Waals surface area contributed by atoms with Crippen LogP contribution in [0.5, 0.6) is 5.75 Å². The Balaban J connectivity index is 2.16. The number of non-ortho nitro benzene ring substituents is 1. The van der Waals surface area contributed by atoms with Crippen LogP contribution >= 0.6 is 0 Å². The summed E-state index contributed by atoms with van der Waals surface area (Å²) < 4.78 is 5.08. The van der Waals surface area contributed by atoms with Gasteiger partial charge in [0.15, 0.2) is 0 Å². The largest absolute Gasteiger partial charge is 0.423 e. The number of rotatable bonds is 4. The van der Waals surface area contributed by atoms with Gasteiger partial charge < -0.3 is 10.5 Å². The Morgan fingerprint density at radius 3 is 2.29 bits per heavy atom. The number of nitrogens with two attached hydrogens (primary N) is 1. The summed E-state index contributed by atoms with van der Waals surface area (Å²) in [5.41, 5.74) is 5.37. The van der Waals surface area contributed by atoms with Crippen LogP contribution in [0.2, 0.25) is 0 Å². The van der Waals surface area contributed by atoms with E-state index in [1.807, 2.05) is 0 Å². The molecule has 7 heteroatoms. The second kappa shape index (κ2) is 5.83. The number of hydrogen-bond acceptors (Lipinski definition) is 5. The van der Waals surface area contributed by atoms with Crippen molar-refractivity contribution in [2.24, 2.45) is 5.73 Å². The van der Waals surface area contributed by atoms with Gasteiger partial charge in [0.05, 0.1) is 10.5 Å². The summed E-state index contributed by atoms with van der Waals surface area (Å²) in [6.07, 6.45) is 0. The Hall–Kier alpha value is -3.22. The predicted molar refractivity (Wildman–Crippen MR) is 73.0 cm³/mol. The topological polar surface area (TPSA) is 113 Å². The maximum Gasteiger partial charge on any atom is 0.343 e.